The molecule has 5 nitrogen and oxygen atoms in total. The maximum atomic E-state index is 10.4. The number of nitriles is 2. The molecule has 2 aromatic carbocycles. The Balaban J connectivity index is 0.000000260. The van der Waals surface area contributed by atoms with Crippen LogP contribution in [0.3, 0.4) is 0 Å². The molecule has 1 N–H and O–H groups in total. The predicted molar refractivity (Wildman–Crippen MR) is 98.9 cm³/mol. The molecule has 0 amide bonds. The number of aliphatic carboxylic acids is 1. The summed E-state index contributed by atoms with van der Waals surface area (Å²) in [6.45, 7) is 0. The minimum Gasteiger partial charge on any atom is -0.478 e. The number of nitrogens with zero attached hydrogens (tertiary/aromatic N) is 2. The largest absolute Gasteiger partial charge is 0.478 e. The Bertz CT molecular complexity index is 823. The molecule has 0 aromatic heterocycles. The van der Waals surface area contributed by atoms with E-state index < -0.39 is 11.2 Å². The van der Waals surface area contributed by atoms with Gasteiger partial charge in [0.25, 0.3) is 0 Å². The highest BCUT2D eigenvalue weighted by atomic mass is 35.5. The van der Waals surface area contributed by atoms with Crippen LogP contribution in [0, 0.1) is 22.7 Å². The van der Waals surface area contributed by atoms with Crippen LogP contribution >= 0.6 is 11.6 Å². The lowest BCUT2D eigenvalue weighted by Gasteiger charge is -1.91. The average Bonchev–Trinajstić information content (AvgIpc) is 2.66. The predicted octanol–water partition coefficient (Wildman–Crippen LogP) is 3.99. The highest BCUT2D eigenvalue weighted by Gasteiger charge is 1.91. The first-order chi connectivity index (χ1) is 12.4. The SMILES string of the molecule is N#Cc1ccc(/C=C/C(=O)Cl)cc1.N#Cc1ccc(/C=C/C(=O)O)cc1. The van der Waals surface area contributed by atoms with Crippen LogP contribution in [-0.2, 0) is 9.59 Å². The number of hydrogen-bond donors (Lipinski definition) is 1. The number of halogens is 1. The number of carbonyl (C=O) groups excluding carboxylic acids is 1. The molecule has 0 saturated carbocycles. The molecule has 0 bridgehead atoms. The average molecular weight is 365 g/mol. The Kier molecular flexibility index (Phi) is 8.61. The maximum Gasteiger partial charge on any atom is 0.328 e. The van der Waals surface area contributed by atoms with Gasteiger partial charge in [-0.1, -0.05) is 30.3 Å². The van der Waals surface area contributed by atoms with E-state index in [2.05, 4.69) is 0 Å². The molecular weight excluding hydrogens is 352 g/mol. The van der Waals surface area contributed by atoms with Gasteiger partial charge in [0.05, 0.1) is 23.3 Å². The van der Waals surface area contributed by atoms with Gasteiger partial charge < -0.3 is 5.11 Å². The Morgan fingerprint density at radius 3 is 1.50 bits per heavy atom. The number of carboxylic acid groups (broad SMARTS) is 1. The summed E-state index contributed by atoms with van der Waals surface area (Å²) in [5.74, 6) is -0.982. The van der Waals surface area contributed by atoms with Crippen molar-refractivity contribution in [3.05, 3.63) is 82.9 Å². The van der Waals surface area contributed by atoms with Crippen molar-refractivity contribution in [1.82, 2.24) is 0 Å². The fourth-order valence-corrected chi connectivity index (χ4v) is 1.73. The van der Waals surface area contributed by atoms with Crippen molar-refractivity contribution in [3.8, 4) is 12.1 Å². The summed E-state index contributed by atoms with van der Waals surface area (Å²) < 4.78 is 0. The van der Waals surface area contributed by atoms with E-state index >= 15 is 0 Å². The first-order valence-corrected chi connectivity index (χ1v) is 7.61. The monoisotopic (exact) mass is 364 g/mol. The van der Waals surface area contributed by atoms with Gasteiger partial charge in [0, 0.05) is 6.08 Å². The molecule has 0 heterocycles. The third kappa shape index (κ3) is 8.26. The highest BCUT2D eigenvalue weighted by Crippen LogP contribution is 2.06. The summed E-state index contributed by atoms with van der Waals surface area (Å²) in [4.78, 5) is 20.5. The van der Waals surface area contributed by atoms with E-state index in [0.717, 1.165) is 17.2 Å². The lowest BCUT2D eigenvalue weighted by molar-refractivity contribution is -0.131. The van der Waals surface area contributed by atoms with Gasteiger partial charge in [-0.05, 0) is 59.1 Å². The van der Waals surface area contributed by atoms with Crippen LogP contribution in [0.15, 0.2) is 60.7 Å². The minimum atomic E-state index is -0.982. The molecule has 0 radical (unpaired) electrons. The van der Waals surface area contributed by atoms with Crippen molar-refractivity contribution in [1.29, 1.82) is 10.5 Å². The summed E-state index contributed by atoms with van der Waals surface area (Å²) in [6.07, 6.45) is 5.39. The van der Waals surface area contributed by atoms with Crippen molar-refractivity contribution in [2.24, 2.45) is 0 Å². The molecule has 0 unspecified atom stereocenters. The summed E-state index contributed by atoms with van der Waals surface area (Å²) in [5, 5.41) is 24.8. The van der Waals surface area contributed by atoms with Gasteiger partial charge in [0.1, 0.15) is 0 Å². The lowest BCUT2D eigenvalue weighted by Crippen LogP contribution is -1.85. The first kappa shape index (κ1) is 20.4. The van der Waals surface area contributed by atoms with Gasteiger partial charge in [-0.15, -0.1) is 0 Å². The molecule has 0 spiro atoms. The van der Waals surface area contributed by atoms with E-state index in [1.807, 2.05) is 12.1 Å². The minimum absolute atomic E-state index is 0.510. The molecule has 0 aliphatic heterocycles. The van der Waals surface area contributed by atoms with E-state index in [0.29, 0.717) is 11.1 Å². The van der Waals surface area contributed by atoms with Crippen LogP contribution in [0.25, 0.3) is 12.2 Å². The van der Waals surface area contributed by atoms with Crippen LogP contribution in [0.1, 0.15) is 22.3 Å². The van der Waals surface area contributed by atoms with Gasteiger partial charge in [0.2, 0.25) is 5.24 Å². The fraction of sp³-hybridized carbons (Fsp3) is 0. The fourth-order valence-electron chi connectivity index (χ4n) is 1.67. The van der Waals surface area contributed by atoms with Crippen LogP contribution in [0.5, 0.6) is 0 Å². The van der Waals surface area contributed by atoms with E-state index in [4.69, 9.17) is 27.2 Å². The van der Waals surface area contributed by atoms with Crippen molar-refractivity contribution in [3.63, 3.8) is 0 Å². The van der Waals surface area contributed by atoms with E-state index in [1.54, 1.807) is 54.6 Å². The number of rotatable bonds is 4. The zero-order valence-electron chi connectivity index (χ0n) is 13.5. The second kappa shape index (κ2) is 11.0. The third-order valence-electron chi connectivity index (χ3n) is 2.90. The molecule has 0 saturated heterocycles. The highest BCUT2D eigenvalue weighted by molar-refractivity contribution is 6.66. The number of carboxylic acids is 1. The van der Waals surface area contributed by atoms with Crippen LogP contribution < -0.4 is 0 Å². The molecule has 0 fully saturated rings. The number of carbonyl (C=O) groups is 2. The van der Waals surface area contributed by atoms with Crippen molar-refractivity contribution in [2.45, 2.75) is 0 Å². The molecular formula is C20H13ClN2O3. The van der Waals surface area contributed by atoms with Gasteiger partial charge >= 0.3 is 5.97 Å². The Morgan fingerprint density at radius 2 is 1.19 bits per heavy atom. The molecule has 0 aliphatic rings. The van der Waals surface area contributed by atoms with E-state index in [1.165, 1.54) is 12.2 Å². The second-order valence-corrected chi connectivity index (χ2v) is 5.15. The van der Waals surface area contributed by atoms with E-state index in [-0.39, 0.29) is 0 Å². The third-order valence-corrected chi connectivity index (χ3v) is 3.03. The van der Waals surface area contributed by atoms with Crippen LogP contribution in [0.4, 0.5) is 0 Å². The molecule has 0 aliphatic carbocycles. The Morgan fingerprint density at radius 1 is 0.808 bits per heavy atom. The quantitative estimate of drug-likeness (QED) is 0.652. The summed E-state index contributed by atoms with van der Waals surface area (Å²) in [7, 11) is 0. The van der Waals surface area contributed by atoms with Crippen LogP contribution in [-0.4, -0.2) is 16.3 Å². The Labute approximate surface area is 155 Å². The summed E-state index contributed by atoms with van der Waals surface area (Å²) >= 11 is 5.11. The molecule has 2 rings (SSSR count). The molecule has 26 heavy (non-hydrogen) atoms. The molecule has 2 aromatic rings. The molecule has 0 atom stereocenters. The second-order valence-electron chi connectivity index (χ2n) is 4.78. The van der Waals surface area contributed by atoms with Gasteiger partial charge in [-0.3, -0.25) is 4.79 Å². The summed E-state index contributed by atoms with van der Waals surface area (Å²) in [6, 6.07) is 17.5. The van der Waals surface area contributed by atoms with Crippen LogP contribution in [0.2, 0.25) is 0 Å². The van der Waals surface area contributed by atoms with Gasteiger partial charge in [-0.25, -0.2) is 4.79 Å². The smallest absolute Gasteiger partial charge is 0.328 e. The number of benzene rings is 2. The lowest BCUT2D eigenvalue weighted by atomic mass is 10.1. The normalized spacial score (nSPS) is 9.81. The van der Waals surface area contributed by atoms with E-state index in [9.17, 15) is 9.59 Å². The standard InChI is InChI=1S/C10H6ClNO.C10H7NO2/c11-10(13)6-5-8-1-3-9(7-12)4-2-8;11-7-9-3-1-8(2-4-9)5-6-10(12)13/h1-6H;1-6H,(H,12,13)/b2*6-5+. The first-order valence-electron chi connectivity index (χ1n) is 7.23. The number of allylic oxidation sites excluding steroid dienone is 1. The molecule has 6 heteroatoms. The van der Waals surface area contributed by atoms with Gasteiger partial charge in [0.15, 0.2) is 0 Å². The van der Waals surface area contributed by atoms with Crippen molar-refractivity contribution < 1.29 is 14.7 Å². The zero-order valence-corrected chi connectivity index (χ0v) is 14.2. The molecule has 128 valence electrons. The van der Waals surface area contributed by atoms with Gasteiger partial charge in [-0.2, -0.15) is 10.5 Å². The summed E-state index contributed by atoms with van der Waals surface area (Å²) in [5.41, 5.74) is 2.76. The van der Waals surface area contributed by atoms with Crippen molar-refractivity contribution in [2.75, 3.05) is 0 Å². The zero-order chi connectivity index (χ0) is 19.4. The number of hydrogen-bond acceptors (Lipinski definition) is 4. The van der Waals surface area contributed by atoms with Crippen molar-refractivity contribution >= 4 is 35.0 Å². The maximum absolute atomic E-state index is 10.4. The topological polar surface area (TPSA) is 102 Å². The Hall–Kier alpha value is -3.67.